The molecular weight excluding hydrogens is 226 g/mol. The maximum absolute atomic E-state index is 11.9. The van der Waals surface area contributed by atoms with Crippen LogP contribution in [0, 0.1) is 5.92 Å². The SMILES string of the molecule is CC(C1CCNCC1)N1CCCNS1(=O)=O. The molecule has 1 atom stereocenters. The van der Waals surface area contributed by atoms with E-state index >= 15 is 0 Å². The summed E-state index contributed by atoms with van der Waals surface area (Å²) in [6.45, 7) is 5.31. The Balaban J connectivity index is 2.04. The molecule has 0 aromatic heterocycles. The van der Waals surface area contributed by atoms with E-state index in [1.165, 1.54) is 0 Å². The Morgan fingerprint density at radius 2 is 1.94 bits per heavy atom. The van der Waals surface area contributed by atoms with Crippen molar-refractivity contribution >= 4 is 10.2 Å². The van der Waals surface area contributed by atoms with Crippen molar-refractivity contribution in [1.29, 1.82) is 0 Å². The molecule has 0 aromatic carbocycles. The molecule has 1 unspecified atom stereocenters. The highest BCUT2D eigenvalue weighted by Crippen LogP contribution is 2.23. The summed E-state index contributed by atoms with van der Waals surface area (Å²) >= 11 is 0. The molecule has 2 fully saturated rings. The van der Waals surface area contributed by atoms with Crippen molar-refractivity contribution in [1.82, 2.24) is 14.3 Å². The number of hydrogen-bond donors (Lipinski definition) is 2. The molecule has 0 spiro atoms. The Morgan fingerprint density at radius 3 is 2.56 bits per heavy atom. The van der Waals surface area contributed by atoms with E-state index in [0.717, 1.165) is 32.4 Å². The quantitative estimate of drug-likeness (QED) is 0.717. The topological polar surface area (TPSA) is 61.4 Å². The standard InChI is InChI=1S/C10H21N3O2S/c1-9(10-3-6-11-7-4-10)13-8-2-5-12-16(13,14)15/h9-12H,2-8H2,1H3. The lowest BCUT2D eigenvalue weighted by Gasteiger charge is -2.37. The minimum atomic E-state index is -3.21. The number of nitrogens with zero attached hydrogens (tertiary/aromatic N) is 1. The van der Waals surface area contributed by atoms with Crippen molar-refractivity contribution in [2.75, 3.05) is 26.2 Å². The Bertz CT molecular complexity index is 325. The normalized spacial score (nSPS) is 30.1. The largest absolute Gasteiger partial charge is 0.317 e. The second kappa shape index (κ2) is 5.00. The van der Waals surface area contributed by atoms with Gasteiger partial charge in [-0.05, 0) is 45.2 Å². The van der Waals surface area contributed by atoms with Gasteiger partial charge in [-0.3, -0.25) is 0 Å². The van der Waals surface area contributed by atoms with Gasteiger partial charge in [0.2, 0.25) is 0 Å². The van der Waals surface area contributed by atoms with Gasteiger partial charge in [0, 0.05) is 19.1 Å². The first-order valence-corrected chi connectivity index (χ1v) is 7.52. The number of piperidine rings is 1. The molecule has 0 aliphatic carbocycles. The second-order valence-electron chi connectivity index (χ2n) is 4.69. The van der Waals surface area contributed by atoms with Crippen molar-refractivity contribution in [2.24, 2.45) is 5.92 Å². The van der Waals surface area contributed by atoms with Gasteiger partial charge in [-0.2, -0.15) is 12.7 Å². The molecule has 5 nitrogen and oxygen atoms in total. The van der Waals surface area contributed by atoms with Crippen LogP contribution in [0.2, 0.25) is 0 Å². The van der Waals surface area contributed by atoms with Crippen LogP contribution in [-0.2, 0) is 10.2 Å². The molecule has 0 saturated carbocycles. The van der Waals surface area contributed by atoms with Gasteiger partial charge in [0.15, 0.2) is 0 Å². The summed E-state index contributed by atoms with van der Waals surface area (Å²) < 4.78 is 28.0. The number of nitrogens with one attached hydrogen (secondary N) is 2. The van der Waals surface area contributed by atoms with E-state index in [2.05, 4.69) is 10.0 Å². The number of hydrogen-bond acceptors (Lipinski definition) is 3. The zero-order chi connectivity index (χ0) is 11.6. The van der Waals surface area contributed by atoms with Crippen LogP contribution < -0.4 is 10.0 Å². The lowest BCUT2D eigenvalue weighted by molar-refractivity contribution is 0.203. The third-order valence-corrected chi connectivity index (χ3v) is 5.37. The molecule has 2 saturated heterocycles. The molecule has 2 N–H and O–H groups in total. The van der Waals surface area contributed by atoms with Gasteiger partial charge in [-0.1, -0.05) is 0 Å². The first-order chi connectivity index (χ1) is 7.61. The van der Waals surface area contributed by atoms with Crippen molar-refractivity contribution in [3.8, 4) is 0 Å². The first-order valence-electron chi connectivity index (χ1n) is 6.08. The van der Waals surface area contributed by atoms with E-state index in [-0.39, 0.29) is 6.04 Å². The number of rotatable bonds is 2. The van der Waals surface area contributed by atoms with Gasteiger partial charge in [0.25, 0.3) is 10.2 Å². The van der Waals surface area contributed by atoms with Crippen molar-refractivity contribution < 1.29 is 8.42 Å². The predicted molar refractivity (Wildman–Crippen MR) is 63.3 cm³/mol. The molecule has 0 radical (unpaired) electrons. The summed E-state index contributed by atoms with van der Waals surface area (Å²) in [4.78, 5) is 0. The lowest BCUT2D eigenvalue weighted by atomic mass is 9.91. The zero-order valence-electron chi connectivity index (χ0n) is 9.78. The summed E-state index contributed by atoms with van der Waals surface area (Å²) in [7, 11) is -3.21. The van der Waals surface area contributed by atoms with E-state index in [1.54, 1.807) is 4.31 Å². The van der Waals surface area contributed by atoms with Gasteiger partial charge in [0.1, 0.15) is 0 Å². The van der Waals surface area contributed by atoms with Crippen LogP contribution in [0.1, 0.15) is 26.2 Å². The van der Waals surface area contributed by atoms with Crippen molar-refractivity contribution in [3.63, 3.8) is 0 Å². The predicted octanol–water partition coefficient (Wildman–Crippen LogP) is -0.0854. The van der Waals surface area contributed by atoms with E-state index in [4.69, 9.17) is 0 Å². The fourth-order valence-electron chi connectivity index (χ4n) is 2.62. The average molecular weight is 247 g/mol. The van der Waals surface area contributed by atoms with E-state index < -0.39 is 10.2 Å². The molecule has 0 aromatic rings. The molecule has 16 heavy (non-hydrogen) atoms. The van der Waals surface area contributed by atoms with Crippen molar-refractivity contribution in [2.45, 2.75) is 32.2 Å². The van der Waals surface area contributed by atoms with E-state index in [9.17, 15) is 8.42 Å². The summed E-state index contributed by atoms with van der Waals surface area (Å²) in [6, 6.07) is 0.125. The summed E-state index contributed by atoms with van der Waals surface area (Å²) in [5.74, 6) is 0.496. The Hall–Kier alpha value is -0.170. The van der Waals surface area contributed by atoms with Gasteiger partial charge in [-0.15, -0.1) is 0 Å². The summed E-state index contributed by atoms with van der Waals surface area (Å²) in [5, 5.41) is 3.31. The highest BCUT2D eigenvalue weighted by Gasteiger charge is 2.34. The molecule has 2 aliphatic heterocycles. The van der Waals surface area contributed by atoms with E-state index in [1.807, 2.05) is 6.92 Å². The minimum Gasteiger partial charge on any atom is -0.317 e. The van der Waals surface area contributed by atoms with Crippen LogP contribution in [0.25, 0.3) is 0 Å². The fourth-order valence-corrected chi connectivity index (χ4v) is 4.17. The molecule has 2 rings (SSSR count). The maximum atomic E-state index is 11.9. The van der Waals surface area contributed by atoms with E-state index in [0.29, 0.717) is 19.0 Å². The molecule has 2 aliphatic rings. The fraction of sp³-hybridized carbons (Fsp3) is 1.00. The second-order valence-corrected chi connectivity index (χ2v) is 6.40. The van der Waals surface area contributed by atoms with Gasteiger partial charge in [0.05, 0.1) is 0 Å². The Labute approximate surface area is 97.8 Å². The van der Waals surface area contributed by atoms with Gasteiger partial charge in [-0.25, -0.2) is 4.72 Å². The minimum absolute atomic E-state index is 0.125. The van der Waals surface area contributed by atoms with Gasteiger partial charge >= 0.3 is 0 Å². The third-order valence-electron chi connectivity index (χ3n) is 3.67. The van der Waals surface area contributed by atoms with Crippen molar-refractivity contribution in [3.05, 3.63) is 0 Å². The van der Waals surface area contributed by atoms with Crippen LogP contribution in [0.4, 0.5) is 0 Å². The molecule has 6 heteroatoms. The van der Waals surface area contributed by atoms with Gasteiger partial charge < -0.3 is 5.32 Å². The Morgan fingerprint density at radius 1 is 1.25 bits per heavy atom. The van der Waals surface area contributed by atoms with Crippen LogP contribution in [0.3, 0.4) is 0 Å². The molecule has 94 valence electrons. The average Bonchev–Trinajstić information content (AvgIpc) is 2.29. The third kappa shape index (κ3) is 2.56. The maximum Gasteiger partial charge on any atom is 0.279 e. The highest BCUT2D eigenvalue weighted by atomic mass is 32.2. The van der Waals surface area contributed by atoms with Crippen LogP contribution in [0.5, 0.6) is 0 Å². The first kappa shape index (κ1) is 12.3. The summed E-state index contributed by atoms with van der Waals surface area (Å²) in [6.07, 6.45) is 3.06. The molecule has 0 amide bonds. The molecule has 0 bridgehead atoms. The Kier molecular flexibility index (Phi) is 3.84. The van der Waals surface area contributed by atoms with Crippen LogP contribution in [-0.4, -0.2) is 44.9 Å². The monoisotopic (exact) mass is 247 g/mol. The van der Waals surface area contributed by atoms with Crippen LogP contribution in [0.15, 0.2) is 0 Å². The molecule has 2 heterocycles. The zero-order valence-corrected chi connectivity index (χ0v) is 10.6. The summed E-state index contributed by atoms with van der Waals surface area (Å²) in [5.41, 5.74) is 0. The molecular formula is C10H21N3O2S. The smallest absolute Gasteiger partial charge is 0.279 e. The van der Waals surface area contributed by atoms with Crippen LogP contribution >= 0.6 is 0 Å². The highest BCUT2D eigenvalue weighted by molar-refractivity contribution is 7.87. The lowest BCUT2D eigenvalue weighted by Crippen LogP contribution is -2.53.